The molecule has 128 valence electrons. The molecule has 0 aromatic heterocycles. The number of halogens is 1. The minimum Gasteiger partial charge on any atom is -0.392 e. The Morgan fingerprint density at radius 3 is 2.39 bits per heavy atom. The molecule has 0 radical (unpaired) electrons. The number of benzene rings is 1. The minimum absolute atomic E-state index is 0.0254. The summed E-state index contributed by atoms with van der Waals surface area (Å²) in [6.45, 7) is 9.21. The molecule has 0 saturated carbocycles. The SMILES string of the molecule is Cc1ccc(NC(=O)C(=O)NCC(C)(C)C(O)C(C)C)c(F)c1. The van der Waals surface area contributed by atoms with Crippen molar-refractivity contribution in [3.63, 3.8) is 0 Å². The van der Waals surface area contributed by atoms with E-state index in [0.29, 0.717) is 0 Å². The molecule has 1 aromatic carbocycles. The number of hydrogen-bond donors (Lipinski definition) is 3. The van der Waals surface area contributed by atoms with Crippen LogP contribution in [0.25, 0.3) is 0 Å². The van der Waals surface area contributed by atoms with Gasteiger partial charge in [0.25, 0.3) is 0 Å². The van der Waals surface area contributed by atoms with Crippen molar-refractivity contribution in [2.24, 2.45) is 11.3 Å². The van der Waals surface area contributed by atoms with E-state index in [1.165, 1.54) is 12.1 Å². The van der Waals surface area contributed by atoms with Crippen LogP contribution in [0.3, 0.4) is 0 Å². The molecule has 6 heteroatoms. The van der Waals surface area contributed by atoms with Crippen LogP contribution in [0.15, 0.2) is 18.2 Å². The number of carbonyl (C=O) groups excluding carboxylic acids is 2. The van der Waals surface area contributed by atoms with Crippen molar-refractivity contribution in [3.8, 4) is 0 Å². The number of aliphatic hydroxyl groups excluding tert-OH is 1. The van der Waals surface area contributed by atoms with Gasteiger partial charge >= 0.3 is 11.8 Å². The Bertz CT molecular complexity index is 585. The topological polar surface area (TPSA) is 78.4 Å². The van der Waals surface area contributed by atoms with Crippen LogP contribution in [0.4, 0.5) is 10.1 Å². The monoisotopic (exact) mass is 324 g/mol. The molecule has 1 unspecified atom stereocenters. The van der Waals surface area contributed by atoms with Gasteiger partial charge in [0.05, 0.1) is 11.8 Å². The molecule has 3 N–H and O–H groups in total. The Labute approximate surface area is 136 Å². The molecule has 5 nitrogen and oxygen atoms in total. The number of hydrogen-bond acceptors (Lipinski definition) is 3. The van der Waals surface area contributed by atoms with Crippen LogP contribution in [0.5, 0.6) is 0 Å². The predicted molar refractivity (Wildman–Crippen MR) is 87.4 cm³/mol. The Morgan fingerprint density at radius 1 is 1.26 bits per heavy atom. The van der Waals surface area contributed by atoms with Crippen molar-refractivity contribution < 1.29 is 19.1 Å². The van der Waals surface area contributed by atoms with E-state index in [1.807, 2.05) is 13.8 Å². The zero-order valence-corrected chi connectivity index (χ0v) is 14.2. The molecular weight excluding hydrogens is 299 g/mol. The maximum Gasteiger partial charge on any atom is 0.313 e. The van der Waals surface area contributed by atoms with Crippen LogP contribution in [-0.4, -0.2) is 29.6 Å². The molecule has 0 saturated heterocycles. The van der Waals surface area contributed by atoms with Crippen molar-refractivity contribution in [2.75, 3.05) is 11.9 Å². The van der Waals surface area contributed by atoms with Crippen LogP contribution in [0.2, 0.25) is 0 Å². The van der Waals surface area contributed by atoms with E-state index < -0.39 is 29.2 Å². The molecule has 0 aliphatic carbocycles. The summed E-state index contributed by atoms with van der Waals surface area (Å²) in [4.78, 5) is 23.7. The largest absolute Gasteiger partial charge is 0.392 e. The third-order valence-corrected chi connectivity index (χ3v) is 3.72. The first-order valence-electron chi connectivity index (χ1n) is 7.58. The Kier molecular flexibility index (Phi) is 6.27. The number of nitrogens with one attached hydrogen (secondary N) is 2. The lowest BCUT2D eigenvalue weighted by Gasteiger charge is -2.33. The zero-order chi connectivity index (χ0) is 17.8. The highest BCUT2D eigenvalue weighted by Crippen LogP contribution is 2.25. The number of carbonyl (C=O) groups is 2. The quantitative estimate of drug-likeness (QED) is 0.727. The van der Waals surface area contributed by atoms with E-state index >= 15 is 0 Å². The fourth-order valence-corrected chi connectivity index (χ4v) is 2.30. The summed E-state index contributed by atoms with van der Waals surface area (Å²) >= 11 is 0. The number of aryl methyl sites for hydroxylation is 1. The minimum atomic E-state index is -0.942. The average Bonchev–Trinajstić information content (AvgIpc) is 2.46. The smallest absolute Gasteiger partial charge is 0.313 e. The second-order valence-electron chi connectivity index (χ2n) is 6.80. The number of amides is 2. The summed E-state index contributed by atoms with van der Waals surface area (Å²) in [5, 5.41) is 14.8. The van der Waals surface area contributed by atoms with Gasteiger partial charge in [0.15, 0.2) is 0 Å². The Balaban J connectivity index is 2.62. The van der Waals surface area contributed by atoms with Crippen LogP contribution >= 0.6 is 0 Å². The molecule has 23 heavy (non-hydrogen) atoms. The third kappa shape index (κ3) is 5.32. The first-order valence-corrected chi connectivity index (χ1v) is 7.58. The maximum atomic E-state index is 13.7. The highest BCUT2D eigenvalue weighted by Gasteiger charge is 2.31. The first kappa shape index (κ1) is 19.1. The number of rotatable bonds is 5. The maximum absolute atomic E-state index is 13.7. The van der Waals surface area contributed by atoms with Gasteiger partial charge in [-0.1, -0.05) is 33.8 Å². The summed E-state index contributed by atoms with van der Waals surface area (Å²) in [5.74, 6) is -2.38. The molecular formula is C17H25FN2O3. The molecule has 1 atom stereocenters. The summed E-state index contributed by atoms with van der Waals surface area (Å²) in [5.41, 5.74) is 0.0887. The predicted octanol–water partition coefficient (Wildman–Crippen LogP) is 2.23. The molecule has 0 heterocycles. The summed E-state index contributed by atoms with van der Waals surface area (Å²) in [6.07, 6.45) is -0.625. The van der Waals surface area contributed by atoms with Crippen LogP contribution in [0, 0.1) is 24.1 Å². The van der Waals surface area contributed by atoms with E-state index in [9.17, 15) is 19.1 Å². The van der Waals surface area contributed by atoms with Crippen molar-refractivity contribution in [1.29, 1.82) is 0 Å². The van der Waals surface area contributed by atoms with Gasteiger partial charge in [0.1, 0.15) is 5.82 Å². The van der Waals surface area contributed by atoms with E-state index in [0.717, 1.165) is 5.56 Å². The molecule has 0 aliphatic heterocycles. The van der Waals surface area contributed by atoms with E-state index in [4.69, 9.17) is 0 Å². The zero-order valence-electron chi connectivity index (χ0n) is 14.2. The van der Waals surface area contributed by atoms with Crippen LogP contribution in [-0.2, 0) is 9.59 Å². The summed E-state index contributed by atoms with van der Waals surface area (Å²) in [7, 11) is 0. The molecule has 2 amide bonds. The van der Waals surface area contributed by atoms with Gasteiger partial charge in [-0.05, 0) is 30.5 Å². The van der Waals surface area contributed by atoms with Gasteiger partial charge in [-0.15, -0.1) is 0 Å². The highest BCUT2D eigenvalue weighted by atomic mass is 19.1. The van der Waals surface area contributed by atoms with Crippen molar-refractivity contribution in [2.45, 2.75) is 40.7 Å². The highest BCUT2D eigenvalue weighted by molar-refractivity contribution is 6.39. The second-order valence-corrected chi connectivity index (χ2v) is 6.80. The molecule has 0 spiro atoms. The lowest BCUT2D eigenvalue weighted by Crippen LogP contribution is -2.46. The molecule has 0 fully saturated rings. The van der Waals surface area contributed by atoms with E-state index in [1.54, 1.807) is 26.8 Å². The first-order chi connectivity index (χ1) is 10.5. The van der Waals surface area contributed by atoms with Gasteiger partial charge in [-0.2, -0.15) is 0 Å². The van der Waals surface area contributed by atoms with E-state index in [2.05, 4.69) is 10.6 Å². The lowest BCUT2D eigenvalue weighted by atomic mass is 9.81. The van der Waals surface area contributed by atoms with Gasteiger partial charge < -0.3 is 15.7 Å². The third-order valence-electron chi connectivity index (χ3n) is 3.72. The van der Waals surface area contributed by atoms with Gasteiger partial charge in [0.2, 0.25) is 0 Å². The summed E-state index contributed by atoms with van der Waals surface area (Å²) < 4.78 is 13.7. The number of anilines is 1. The van der Waals surface area contributed by atoms with Gasteiger partial charge in [0, 0.05) is 12.0 Å². The van der Waals surface area contributed by atoms with Crippen molar-refractivity contribution in [3.05, 3.63) is 29.6 Å². The van der Waals surface area contributed by atoms with Crippen LogP contribution in [0.1, 0.15) is 33.3 Å². The molecule has 0 aliphatic rings. The van der Waals surface area contributed by atoms with Crippen molar-refractivity contribution >= 4 is 17.5 Å². The van der Waals surface area contributed by atoms with Crippen LogP contribution < -0.4 is 10.6 Å². The van der Waals surface area contributed by atoms with Crippen molar-refractivity contribution in [1.82, 2.24) is 5.32 Å². The number of aliphatic hydroxyl groups is 1. The lowest BCUT2D eigenvalue weighted by molar-refractivity contribution is -0.136. The fourth-order valence-electron chi connectivity index (χ4n) is 2.30. The Morgan fingerprint density at radius 2 is 1.87 bits per heavy atom. The fraction of sp³-hybridized carbons (Fsp3) is 0.529. The van der Waals surface area contributed by atoms with E-state index in [-0.39, 0.29) is 18.2 Å². The normalized spacial score (nSPS) is 12.9. The Hall–Kier alpha value is -1.95. The average molecular weight is 324 g/mol. The summed E-state index contributed by atoms with van der Waals surface area (Å²) in [6, 6.07) is 4.32. The molecule has 1 rings (SSSR count). The molecule has 0 bridgehead atoms. The standard InChI is InChI=1S/C17H25FN2O3/c1-10(2)14(21)17(4,5)9-19-15(22)16(23)20-13-7-6-11(3)8-12(13)18/h6-8,10,14,21H,9H2,1-5H3,(H,19,22)(H,20,23). The van der Waals surface area contributed by atoms with Gasteiger partial charge in [-0.3, -0.25) is 9.59 Å². The second kappa shape index (κ2) is 7.55. The van der Waals surface area contributed by atoms with Gasteiger partial charge in [-0.25, -0.2) is 4.39 Å². The molecule has 1 aromatic rings.